The van der Waals surface area contributed by atoms with Crippen LogP contribution in [0.1, 0.15) is 72.3 Å². The molecular formula is C27H41F2N5O2. The molecule has 0 unspecified atom stereocenters. The predicted octanol–water partition coefficient (Wildman–Crippen LogP) is 4.78. The molecule has 2 aromatic rings. The molecule has 200 valence electrons. The Bertz CT molecular complexity index is 968. The zero-order chi connectivity index (χ0) is 26.7. The molecule has 1 fully saturated rings. The maximum Gasteiger partial charge on any atom is 0.248 e. The van der Waals surface area contributed by atoms with Gasteiger partial charge in [0.25, 0.3) is 0 Å². The lowest BCUT2D eigenvalue weighted by atomic mass is 9.76. The molecule has 1 atom stereocenters. The topological polar surface area (TPSA) is 88.0 Å². The van der Waals surface area contributed by atoms with Crippen LogP contribution in [0.2, 0.25) is 0 Å². The number of halogens is 2. The summed E-state index contributed by atoms with van der Waals surface area (Å²) in [6.45, 7) is 12.1. The van der Waals surface area contributed by atoms with Crippen LogP contribution in [0.15, 0.2) is 30.7 Å². The van der Waals surface area contributed by atoms with Crippen LogP contribution in [0.3, 0.4) is 0 Å². The van der Waals surface area contributed by atoms with Crippen molar-refractivity contribution in [1.29, 1.82) is 0 Å². The molecule has 7 nitrogen and oxygen atoms in total. The molecule has 36 heavy (non-hydrogen) atoms. The number of rotatable bonds is 12. The number of nitrogens with zero attached hydrogens (tertiary/aromatic N) is 2. The Balaban J connectivity index is 0.00000222. The summed E-state index contributed by atoms with van der Waals surface area (Å²) in [4.78, 5) is 29.7. The van der Waals surface area contributed by atoms with Gasteiger partial charge in [-0.25, -0.2) is 13.8 Å². The van der Waals surface area contributed by atoms with Crippen LogP contribution in [0.25, 0.3) is 0 Å². The largest absolute Gasteiger partial charge is 0.344 e. The lowest BCUT2D eigenvalue weighted by molar-refractivity contribution is -0.126. The van der Waals surface area contributed by atoms with Crippen molar-refractivity contribution in [2.24, 2.45) is 5.92 Å². The Kier molecular flexibility index (Phi) is 11.5. The molecule has 1 aliphatic carbocycles. The molecule has 9 heteroatoms. The van der Waals surface area contributed by atoms with Gasteiger partial charge in [0, 0.05) is 18.8 Å². The molecule has 0 radical (unpaired) electrons. The van der Waals surface area contributed by atoms with Crippen LogP contribution >= 0.6 is 0 Å². The molecule has 3 rings (SSSR count). The molecule has 0 bridgehead atoms. The zero-order valence-corrected chi connectivity index (χ0v) is 22.2. The van der Waals surface area contributed by atoms with E-state index >= 15 is 0 Å². The summed E-state index contributed by atoms with van der Waals surface area (Å²) in [5.41, 5.74) is 0.184. The van der Waals surface area contributed by atoms with Gasteiger partial charge in [-0.3, -0.25) is 9.59 Å². The fraction of sp³-hybridized carbons (Fsp3) is 0.593. The molecule has 2 amide bonds. The quantitative estimate of drug-likeness (QED) is 0.387. The smallest absolute Gasteiger partial charge is 0.248 e. The lowest BCUT2D eigenvalue weighted by Gasteiger charge is -2.43. The van der Waals surface area contributed by atoms with Crippen molar-refractivity contribution in [3.05, 3.63) is 47.9 Å². The van der Waals surface area contributed by atoms with Crippen molar-refractivity contribution >= 4 is 17.6 Å². The van der Waals surface area contributed by atoms with Gasteiger partial charge in [-0.2, -0.15) is 0 Å². The number of benzene rings is 1. The molecule has 1 saturated carbocycles. The maximum atomic E-state index is 13.4. The summed E-state index contributed by atoms with van der Waals surface area (Å²) in [5, 5.41) is 9.02. The minimum Gasteiger partial charge on any atom is -0.344 e. The summed E-state index contributed by atoms with van der Waals surface area (Å²) >= 11 is 0. The minimum atomic E-state index is -0.772. The molecule has 0 aliphatic heterocycles. The fourth-order valence-electron chi connectivity index (χ4n) is 4.27. The monoisotopic (exact) mass is 505 g/mol. The Hall–Kier alpha value is -2.81. The number of amides is 2. The fourth-order valence-corrected chi connectivity index (χ4v) is 4.27. The highest BCUT2D eigenvalue weighted by molar-refractivity contribution is 5.96. The second kappa shape index (κ2) is 14.1. The van der Waals surface area contributed by atoms with Gasteiger partial charge in [0.15, 0.2) is 5.82 Å². The highest BCUT2D eigenvalue weighted by Crippen LogP contribution is 2.39. The number of hydrogen-bond acceptors (Lipinski definition) is 4. The van der Waals surface area contributed by atoms with E-state index in [4.69, 9.17) is 0 Å². The first-order chi connectivity index (χ1) is 17.2. The number of carbonyl (C=O) groups is 2. The van der Waals surface area contributed by atoms with Gasteiger partial charge in [0.2, 0.25) is 11.8 Å². The van der Waals surface area contributed by atoms with E-state index in [1.165, 1.54) is 0 Å². The van der Waals surface area contributed by atoms with Crippen LogP contribution in [0.5, 0.6) is 0 Å². The highest BCUT2D eigenvalue weighted by Gasteiger charge is 2.38. The van der Waals surface area contributed by atoms with Gasteiger partial charge in [-0.15, -0.1) is 0 Å². The summed E-state index contributed by atoms with van der Waals surface area (Å²) in [5.74, 6) is -1.34. The van der Waals surface area contributed by atoms with E-state index in [-0.39, 0.29) is 23.4 Å². The number of carbonyl (C=O) groups excluding carboxylic acids is 2. The molecular weight excluding hydrogens is 464 g/mol. The van der Waals surface area contributed by atoms with Crippen molar-refractivity contribution in [2.75, 3.05) is 18.4 Å². The van der Waals surface area contributed by atoms with Crippen LogP contribution in [-0.2, 0) is 21.5 Å². The first-order valence-electron chi connectivity index (χ1n) is 13.0. The molecule has 0 spiro atoms. The maximum absolute atomic E-state index is 13.4. The standard InChI is InChI=1S/C25H35F2N5O2.C2H6/c1-4-6-21(30-23(33)11-18-9-19(26)12-20(27)10-18)24(34)31-22-14-32(16-29-22)25(7-5-8-25)15-28-13-17(2)3;1-2/h9-10,12,14,16-17,21,28H,4-8,11,13,15H2,1-3H3,(H,30,33)(H,31,34);1-2H3/t21-;/m0./s1. The zero-order valence-electron chi connectivity index (χ0n) is 22.2. The van der Waals surface area contributed by atoms with E-state index in [0.717, 1.165) is 50.6 Å². The molecule has 1 aliphatic rings. The van der Waals surface area contributed by atoms with Gasteiger partial charge in [-0.1, -0.05) is 41.0 Å². The number of hydrogen-bond donors (Lipinski definition) is 3. The number of aromatic nitrogens is 2. The third-order valence-corrected chi connectivity index (χ3v) is 6.19. The second-order valence-corrected chi connectivity index (χ2v) is 9.62. The van der Waals surface area contributed by atoms with Crippen molar-refractivity contribution in [3.63, 3.8) is 0 Å². The molecule has 1 aromatic heterocycles. The summed E-state index contributed by atoms with van der Waals surface area (Å²) in [6, 6.07) is 2.20. The van der Waals surface area contributed by atoms with Gasteiger partial charge in [0.1, 0.15) is 17.7 Å². The van der Waals surface area contributed by atoms with Crippen LogP contribution < -0.4 is 16.0 Å². The van der Waals surface area contributed by atoms with E-state index in [1.54, 1.807) is 6.33 Å². The van der Waals surface area contributed by atoms with E-state index in [1.807, 2.05) is 27.0 Å². The van der Waals surface area contributed by atoms with Crippen LogP contribution in [-0.4, -0.2) is 40.5 Å². The summed E-state index contributed by atoms with van der Waals surface area (Å²) < 4.78 is 28.9. The third kappa shape index (κ3) is 8.40. The van der Waals surface area contributed by atoms with E-state index < -0.39 is 23.6 Å². The highest BCUT2D eigenvalue weighted by atomic mass is 19.1. The minimum absolute atomic E-state index is 0.0257. The van der Waals surface area contributed by atoms with Gasteiger partial charge < -0.3 is 20.5 Å². The number of nitrogens with one attached hydrogen (secondary N) is 3. The molecule has 1 heterocycles. The van der Waals surface area contributed by atoms with Gasteiger partial charge in [0.05, 0.1) is 18.3 Å². The van der Waals surface area contributed by atoms with Gasteiger partial charge >= 0.3 is 0 Å². The van der Waals surface area contributed by atoms with E-state index in [2.05, 4.69) is 39.3 Å². The van der Waals surface area contributed by atoms with Crippen molar-refractivity contribution < 1.29 is 18.4 Å². The Morgan fingerprint density at radius 3 is 2.36 bits per heavy atom. The van der Waals surface area contributed by atoms with E-state index in [9.17, 15) is 18.4 Å². The van der Waals surface area contributed by atoms with Gasteiger partial charge in [-0.05, 0) is 55.8 Å². The average Bonchev–Trinajstić information content (AvgIpc) is 3.24. The SMILES string of the molecule is CC.CCC[C@H](NC(=O)Cc1cc(F)cc(F)c1)C(=O)Nc1cn(C2(CNCC(C)C)CCC2)cn1. The Morgan fingerprint density at radius 1 is 1.14 bits per heavy atom. The van der Waals surface area contributed by atoms with Crippen molar-refractivity contribution in [2.45, 2.75) is 84.7 Å². The van der Waals surface area contributed by atoms with Crippen LogP contribution in [0.4, 0.5) is 14.6 Å². The number of anilines is 1. The second-order valence-electron chi connectivity index (χ2n) is 9.62. The first-order valence-corrected chi connectivity index (χ1v) is 13.0. The average molecular weight is 506 g/mol. The normalized spacial score (nSPS) is 14.9. The first kappa shape index (κ1) is 29.4. The number of imidazole rings is 1. The predicted molar refractivity (Wildman–Crippen MR) is 139 cm³/mol. The molecule has 0 saturated heterocycles. The van der Waals surface area contributed by atoms with Crippen molar-refractivity contribution in [1.82, 2.24) is 20.2 Å². The lowest BCUT2D eigenvalue weighted by Crippen LogP contribution is -2.48. The summed E-state index contributed by atoms with van der Waals surface area (Å²) in [6.07, 6.45) is 7.73. The Morgan fingerprint density at radius 2 is 1.81 bits per heavy atom. The summed E-state index contributed by atoms with van der Waals surface area (Å²) in [7, 11) is 0. The van der Waals surface area contributed by atoms with Crippen LogP contribution in [0, 0.1) is 17.6 Å². The third-order valence-electron chi connectivity index (χ3n) is 6.19. The molecule has 3 N–H and O–H groups in total. The van der Waals surface area contributed by atoms with E-state index in [0.29, 0.717) is 24.6 Å². The Labute approximate surface area is 213 Å². The van der Waals surface area contributed by atoms with Crippen molar-refractivity contribution in [3.8, 4) is 0 Å². The molecule has 1 aromatic carbocycles.